The number of ether oxygens (including phenoxy) is 1. The van der Waals surface area contributed by atoms with Gasteiger partial charge in [0.15, 0.2) is 6.61 Å². The molecule has 0 atom stereocenters. The summed E-state index contributed by atoms with van der Waals surface area (Å²) in [5, 5.41) is 14.2. The lowest BCUT2D eigenvalue weighted by Gasteiger charge is -2.32. The van der Waals surface area contributed by atoms with Gasteiger partial charge in [-0.15, -0.1) is 0 Å². The van der Waals surface area contributed by atoms with Crippen molar-refractivity contribution >= 4 is 23.2 Å². The van der Waals surface area contributed by atoms with E-state index in [1.165, 1.54) is 18.5 Å². The van der Waals surface area contributed by atoms with E-state index in [0.29, 0.717) is 12.3 Å². The van der Waals surface area contributed by atoms with Crippen LogP contribution in [-0.4, -0.2) is 31.5 Å². The van der Waals surface area contributed by atoms with Gasteiger partial charge >= 0.3 is 0 Å². The number of nitrogens with zero attached hydrogens (tertiary/aromatic N) is 2. The molecule has 2 aromatic rings. The van der Waals surface area contributed by atoms with Gasteiger partial charge in [0.2, 0.25) is 11.8 Å². The van der Waals surface area contributed by atoms with Crippen LogP contribution in [0.5, 0.6) is 5.75 Å². The van der Waals surface area contributed by atoms with E-state index < -0.39 is 0 Å². The Hall–Kier alpha value is -3.53. The van der Waals surface area contributed by atoms with Crippen LogP contribution in [0.25, 0.3) is 0 Å². The zero-order valence-corrected chi connectivity index (χ0v) is 18.5. The fraction of sp³-hybridized carbons (Fsp3) is 0.400. The number of piperidine rings is 1. The Labute approximate surface area is 189 Å². The first kappa shape index (κ1) is 23.1. The van der Waals surface area contributed by atoms with Gasteiger partial charge in [0, 0.05) is 43.9 Å². The van der Waals surface area contributed by atoms with Gasteiger partial charge < -0.3 is 20.3 Å². The van der Waals surface area contributed by atoms with E-state index >= 15 is 0 Å². The molecule has 0 radical (unpaired) electrons. The molecule has 0 aliphatic carbocycles. The van der Waals surface area contributed by atoms with Crippen LogP contribution in [-0.2, 0) is 16.1 Å². The molecule has 0 spiro atoms. The van der Waals surface area contributed by atoms with Crippen LogP contribution in [0.1, 0.15) is 38.2 Å². The molecule has 1 aliphatic rings. The zero-order valence-electron chi connectivity index (χ0n) is 18.5. The molecule has 3 rings (SSSR count). The summed E-state index contributed by atoms with van der Waals surface area (Å²) in [6.07, 6.45) is 2.64. The normalized spacial score (nSPS) is 13.8. The number of amides is 2. The van der Waals surface area contributed by atoms with Gasteiger partial charge in [-0.05, 0) is 60.7 Å². The average molecular weight is 435 g/mol. The minimum Gasteiger partial charge on any atom is -0.479 e. The van der Waals surface area contributed by atoms with Gasteiger partial charge in [0.1, 0.15) is 11.8 Å². The molecule has 7 heteroatoms. The molecule has 1 aliphatic heterocycles. The van der Waals surface area contributed by atoms with Crippen molar-refractivity contribution in [2.75, 3.05) is 29.9 Å². The van der Waals surface area contributed by atoms with E-state index in [4.69, 9.17) is 10.00 Å². The van der Waals surface area contributed by atoms with E-state index in [1.807, 2.05) is 36.4 Å². The summed E-state index contributed by atoms with van der Waals surface area (Å²) >= 11 is 0. The van der Waals surface area contributed by atoms with Crippen LogP contribution in [0, 0.1) is 17.2 Å². The molecule has 2 amide bonds. The summed E-state index contributed by atoms with van der Waals surface area (Å²) in [4.78, 5) is 26.7. The number of hydrogen-bond donors (Lipinski definition) is 2. The number of rotatable bonds is 9. The monoisotopic (exact) mass is 434 g/mol. The third-order valence-electron chi connectivity index (χ3n) is 5.57. The predicted octanol–water partition coefficient (Wildman–Crippen LogP) is 3.86. The molecule has 2 aromatic carbocycles. The Balaban J connectivity index is 1.38. The minimum atomic E-state index is -0.196. The molecule has 2 N–H and O–H groups in total. The van der Waals surface area contributed by atoms with Crippen LogP contribution in [0.3, 0.4) is 0 Å². The van der Waals surface area contributed by atoms with E-state index in [1.54, 1.807) is 18.2 Å². The third kappa shape index (κ3) is 7.31. The lowest BCUT2D eigenvalue weighted by molar-refractivity contribution is -0.124. The van der Waals surface area contributed by atoms with Gasteiger partial charge in [-0.3, -0.25) is 9.59 Å². The van der Waals surface area contributed by atoms with Crippen LogP contribution in [0.2, 0.25) is 0 Å². The van der Waals surface area contributed by atoms with Crippen LogP contribution in [0.4, 0.5) is 11.4 Å². The molecule has 1 heterocycles. The van der Waals surface area contributed by atoms with Crippen molar-refractivity contribution in [3.63, 3.8) is 0 Å². The number of nitriles is 1. The molecule has 0 unspecified atom stereocenters. The Kier molecular flexibility index (Phi) is 8.50. The first-order valence-electron chi connectivity index (χ1n) is 11.0. The summed E-state index contributed by atoms with van der Waals surface area (Å²) in [5.74, 6) is 0.985. The summed E-state index contributed by atoms with van der Waals surface area (Å²) in [5.41, 5.74) is 2.77. The highest BCUT2D eigenvalue weighted by Gasteiger charge is 2.16. The maximum atomic E-state index is 12.2. The van der Waals surface area contributed by atoms with Crippen molar-refractivity contribution in [2.45, 2.75) is 39.2 Å². The van der Waals surface area contributed by atoms with E-state index in [9.17, 15) is 9.59 Å². The van der Waals surface area contributed by atoms with Crippen molar-refractivity contribution in [2.24, 2.45) is 5.92 Å². The molecule has 0 saturated carbocycles. The maximum absolute atomic E-state index is 12.2. The quantitative estimate of drug-likeness (QED) is 0.625. The number of hydrogen-bond acceptors (Lipinski definition) is 5. The van der Waals surface area contributed by atoms with Crippen molar-refractivity contribution in [1.82, 2.24) is 5.32 Å². The molecule has 168 valence electrons. The summed E-state index contributed by atoms with van der Waals surface area (Å²) < 4.78 is 5.25. The smallest absolute Gasteiger partial charge is 0.224 e. The highest BCUT2D eigenvalue weighted by atomic mass is 16.5. The van der Waals surface area contributed by atoms with Gasteiger partial charge in [0.05, 0.1) is 0 Å². The summed E-state index contributed by atoms with van der Waals surface area (Å²) in [6.45, 7) is 4.74. The Morgan fingerprint density at radius 3 is 2.53 bits per heavy atom. The highest BCUT2D eigenvalue weighted by Crippen LogP contribution is 2.24. The number of benzene rings is 2. The van der Waals surface area contributed by atoms with Gasteiger partial charge in [-0.1, -0.05) is 19.1 Å². The van der Waals surface area contributed by atoms with Crippen molar-refractivity contribution in [3.05, 3.63) is 54.1 Å². The van der Waals surface area contributed by atoms with Crippen LogP contribution >= 0.6 is 0 Å². The fourth-order valence-electron chi connectivity index (χ4n) is 3.62. The topological polar surface area (TPSA) is 94.5 Å². The predicted molar refractivity (Wildman–Crippen MR) is 124 cm³/mol. The second kappa shape index (κ2) is 11.8. The Morgan fingerprint density at radius 1 is 1.09 bits per heavy atom. The van der Waals surface area contributed by atoms with Crippen LogP contribution < -0.4 is 20.3 Å². The number of carbonyl (C=O) groups excluding carboxylic acids is 2. The first-order valence-corrected chi connectivity index (χ1v) is 11.0. The molecule has 7 nitrogen and oxygen atoms in total. The highest BCUT2D eigenvalue weighted by molar-refractivity contribution is 5.93. The third-order valence-corrected chi connectivity index (χ3v) is 5.57. The Morgan fingerprint density at radius 2 is 1.81 bits per heavy atom. The standard InChI is InChI=1S/C25H30N4O3/c1-19-11-14-29(15-12-19)22-7-5-21(6-8-22)28-25(31)10-9-24(30)27-18-20-3-2-4-23(17-20)32-16-13-26/h2-8,17,19H,9-12,14-16,18H2,1H3,(H,27,30)(H,28,31). The fourth-order valence-corrected chi connectivity index (χ4v) is 3.62. The molecular weight excluding hydrogens is 404 g/mol. The molecule has 1 fully saturated rings. The largest absolute Gasteiger partial charge is 0.479 e. The maximum Gasteiger partial charge on any atom is 0.224 e. The Bertz CT molecular complexity index is 944. The first-order chi connectivity index (χ1) is 15.5. The minimum absolute atomic E-state index is 0.0226. The zero-order chi connectivity index (χ0) is 22.8. The average Bonchev–Trinajstić information content (AvgIpc) is 2.81. The van der Waals surface area contributed by atoms with Gasteiger partial charge in [-0.25, -0.2) is 0 Å². The van der Waals surface area contributed by atoms with E-state index in [0.717, 1.165) is 30.3 Å². The molecular formula is C25H30N4O3. The summed E-state index contributed by atoms with van der Waals surface area (Å²) in [6, 6.07) is 17.0. The molecule has 32 heavy (non-hydrogen) atoms. The second-order valence-electron chi connectivity index (χ2n) is 8.14. The number of carbonyl (C=O) groups is 2. The number of nitrogens with one attached hydrogen (secondary N) is 2. The van der Waals surface area contributed by atoms with Crippen molar-refractivity contribution in [3.8, 4) is 11.8 Å². The molecule has 0 bridgehead atoms. The molecule has 1 saturated heterocycles. The van der Waals surface area contributed by atoms with Crippen LogP contribution in [0.15, 0.2) is 48.5 Å². The molecule has 0 aromatic heterocycles. The number of anilines is 2. The van der Waals surface area contributed by atoms with Gasteiger partial charge in [0.25, 0.3) is 0 Å². The second-order valence-corrected chi connectivity index (χ2v) is 8.14. The summed E-state index contributed by atoms with van der Waals surface area (Å²) in [7, 11) is 0. The van der Waals surface area contributed by atoms with Crippen molar-refractivity contribution < 1.29 is 14.3 Å². The van der Waals surface area contributed by atoms with E-state index in [-0.39, 0.29) is 31.3 Å². The lowest BCUT2D eigenvalue weighted by atomic mass is 9.99. The van der Waals surface area contributed by atoms with Gasteiger partial charge in [-0.2, -0.15) is 5.26 Å². The van der Waals surface area contributed by atoms with E-state index in [2.05, 4.69) is 22.5 Å². The SMILES string of the molecule is CC1CCN(c2ccc(NC(=O)CCC(=O)NCc3cccc(OCC#N)c3)cc2)CC1. The van der Waals surface area contributed by atoms with Crippen molar-refractivity contribution in [1.29, 1.82) is 5.26 Å². The lowest BCUT2D eigenvalue weighted by Crippen LogP contribution is -2.32.